The summed E-state index contributed by atoms with van der Waals surface area (Å²) in [5, 5.41) is 11.8. The van der Waals surface area contributed by atoms with E-state index in [1.165, 1.54) is 23.1 Å². The third-order valence-corrected chi connectivity index (χ3v) is 6.76. The zero-order valence-electron chi connectivity index (χ0n) is 15.9. The molecule has 0 bridgehead atoms. The monoisotopic (exact) mass is 435 g/mol. The lowest BCUT2D eigenvalue weighted by molar-refractivity contribution is -0.141. The number of nitrogens with one attached hydrogen (secondary N) is 1. The van der Waals surface area contributed by atoms with E-state index in [1.807, 2.05) is 24.3 Å². The Balaban J connectivity index is 1.29. The van der Waals surface area contributed by atoms with E-state index in [0.29, 0.717) is 43.4 Å². The van der Waals surface area contributed by atoms with E-state index < -0.39 is 6.10 Å². The number of rotatable bonds is 5. The number of aromatic nitrogens is 2. The number of fused-ring (bicyclic) bond motifs is 1. The molecular formula is C18H21N5O4S2. The third kappa shape index (κ3) is 4.56. The van der Waals surface area contributed by atoms with Crippen LogP contribution in [0.25, 0.3) is 0 Å². The Morgan fingerprint density at radius 1 is 1.21 bits per heavy atom. The smallest absolute Gasteiger partial charge is 0.267 e. The van der Waals surface area contributed by atoms with Crippen LogP contribution >= 0.6 is 23.1 Å². The lowest BCUT2D eigenvalue weighted by atomic mass is 10.2. The minimum Gasteiger partial charge on any atom is -0.485 e. The zero-order valence-corrected chi connectivity index (χ0v) is 17.5. The molecule has 9 nitrogen and oxygen atoms in total. The van der Waals surface area contributed by atoms with Crippen LogP contribution in [0.3, 0.4) is 0 Å². The quantitative estimate of drug-likeness (QED) is 0.691. The van der Waals surface area contributed by atoms with Crippen LogP contribution in [0, 0.1) is 0 Å². The summed E-state index contributed by atoms with van der Waals surface area (Å²) < 4.78 is 12.2. The Hall–Kier alpha value is -2.53. The minimum absolute atomic E-state index is 0.0459. The number of benzene rings is 1. The van der Waals surface area contributed by atoms with E-state index in [9.17, 15) is 9.59 Å². The fourth-order valence-electron chi connectivity index (χ4n) is 3.05. The highest BCUT2D eigenvalue weighted by Gasteiger charge is 2.33. The molecule has 2 aromatic rings. The predicted molar refractivity (Wildman–Crippen MR) is 110 cm³/mol. The van der Waals surface area contributed by atoms with Gasteiger partial charge in [0.15, 0.2) is 15.8 Å². The molecule has 11 heteroatoms. The van der Waals surface area contributed by atoms with Gasteiger partial charge in [-0.1, -0.05) is 35.2 Å². The molecule has 154 valence electrons. The van der Waals surface area contributed by atoms with Gasteiger partial charge in [-0.05, 0) is 12.1 Å². The number of carbonyl (C=O) groups excluding carboxylic acids is 2. The fourth-order valence-corrected chi connectivity index (χ4v) is 4.82. The molecule has 0 spiro atoms. The van der Waals surface area contributed by atoms with Crippen LogP contribution in [0.5, 0.6) is 11.5 Å². The summed E-state index contributed by atoms with van der Waals surface area (Å²) in [5.41, 5.74) is 0. The number of anilines is 1. The normalized spacial score (nSPS) is 18.4. The summed E-state index contributed by atoms with van der Waals surface area (Å²) in [6, 6.07) is 7.37. The van der Waals surface area contributed by atoms with Gasteiger partial charge >= 0.3 is 0 Å². The topological polar surface area (TPSA) is 96.9 Å². The van der Waals surface area contributed by atoms with Crippen LogP contribution in [0.15, 0.2) is 28.6 Å². The number of para-hydroxylation sites is 2. The van der Waals surface area contributed by atoms with Gasteiger partial charge in [0.1, 0.15) is 6.61 Å². The van der Waals surface area contributed by atoms with Crippen molar-refractivity contribution < 1.29 is 19.1 Å². The Bertz CT molecular complexity index is 885. The molecule has 0 radical (unpaired) electrons. The van der Waals surface area contributed by atoms with Crippen LogP contribution in [0.2, 0.25) is 0 Å². The second-order valence-electron chi connectivity index (χ2n) is 6.49. The van der Waals surface area contributed by atoms with Crippen molar-refractivity contribution in [1.82, 2.24) is 20.4 Å². The first kappa shape index (κ1) is 19.8. The van der Waals surface area contributed by atoms with Crippen molar-refractivity contribution >= 4 is 40.0 Å². The average Bonchev–Trinajstić information content (AvgIpc) is 3.26. The molecule has 1 atom stereocenters. The van der Waals surface area contributed by atoms with Gasteiger partial charge in [0.2, 0.25) is 17.1 Å². The molecule has 1 saturated heterocycles. The summed E-state index contributed by atoms with van der Waals surface area (Å²) in [7, 11) is 1.61. The number of nitrogens with zero attached hydrogens (tertiary/aromatic N) is 4. The fraction of sp³-hybridized carbons (Fsp3) is 0.444. The highest BCUT2D eigenvalue weighted by Crippen LogP contribution is 2.32. The molecule has 2 aliphatic rings. The van der Waals surface area contributed by atoms with Crippen LogP contribution in [-0.2, 0) is 9.59 Å². The average molecular weight is 436 g/mol. The van der Waals surface area contributed by atoms with E-state index in [-0.39, 0.29) is 18.4 Å². The van der Waals surface area contributed by atoms with Crippen molar-refractivity contribution in [2.24, 2.45) is 0 Å². The number of piperazine rings is 1. The zero-order chi connectivity index (χ0) is 20.2. The van der Waals surface area contributed by atoms with Gasteiger partial charge in [-0.3, -0.25) is 9.59 Å². The number of carbonyl (C=O) groups is 2. The molecule has 1 fully saturated rings. The molecule has 1 aromatic heterocycles. The first-order valence-electron chi connectivity index (χ1n) is 9.23. The molecule has 2 aliphatic heterocycles. The van der Waals surface area contributed by atoms with E-state index in [4.69, 9.17) is 9.47 Å². The molecule has 4 rings (SSSR count). The molecule has 0 aliphatic carbocycles. The van der Waals surface area contributed by atoms with Crippen LogP contribution < -0.4 is 19.7 Å². The van der Waals surface area contributed by atoms with Gasteiger partial charge in [0.25, 0.3) is 5.91 Å². The molecule has 1 N–H and O–H groups in total. The number of hydrogen-bond acceptors (Lipinski definition) is 9. The summed E-state index contributed by atoms with van der Waals surface area (Å²) >= 11 is 2.83. The Morgan fingerprint density at radius 3 is 2.72 bits per heavy atom. The van der Waals surface area contributed by atoms with Crippen molar-refractivity contribution in [3.63, 3.8) is 0 Å². The first-order chi connectivity index (χ1) is 14.1. The van der Waals surface area contributed by atoms with E-state index in [2.05, 4.69) is 20.4 Å². The highest BCUT2D eigenvalue weighted by molar-refractivity contribution is 8.01. The van der Waals surface area contributed by atoms with Crippen molar-refractivity contribution in [3.05, 3.63) is 24.3 Å². The Labute approximate surface area is 176 Å². The van der Waals surface area contributed by atoms with Gasteiger partial charge in [-0.15, -0.1) is 10.2 Å². The molecule has 0 unspecified atom stereocenters. The highest BCUT2D eigenvalue weighted by atomic mass is 32.2. The van der Waals surface area contributed by atoms with Crippen molar-refractivity contribution in [2.75, 3.05) is 50.5 Å². The van der Waals surface area contributed by atoms with E-state index in [0.717, 1.165) is 9.47 Å². The summed E-state index contributed by atoms with van der Waals surface area (Å²) in [4.78, 5) is 28.1. The lowest BCUT2D eigenvalue weighted by Crippen LogP contribution is -2.54. The van der Waals surface area contributed by atoms with Crippen molar-refractivity contribution in [3.8, 4) is 11.5 Å². The molecule has 2 amide bonds. The number of thioether (sulfide) groups is 1. The van der Waals surface area contributed by atoms with Gasteiger partial charge < -0.3 is 24.6 Å². The maximum Gasteiger partial charge on any atom is 0.267 e. The van der Waals surface area contributed by atoms with Gasteiger partial charge in [0, 0.05) is 33.2 Å². The second-order valence-corrected chi connectivity index (χ2v) is 8.67. The predicted octanol–water partition coefficient (Wildman–Crippen LogP) is 0.865. The molecule has 29 heavy (non-hydrogen) atoms. The summed E-state index contributed by atoms with van der Waals surface area (Å²) in [5.74, 6) is 1.49. The van der Waals surface area contributed by atoms with Gasteiger partial charge in [-0.25, -0.2) is 0 Å². The Kier molecular flexibility index (Phi) is 6.05. The second kappa shape index (κ2) is 8.87. The summed E-state index contributed by atoms with van der Waals surface area (Å²) in [6.07, 6.45) is -0.620. The number of amides is 2. The number of hydrogen-bond donors (Lipinski definition) is 1. The Morgan fingerprint density at radius 2 is 1.97 bits per heavy atom. The first-order valence-corrected chi connectivity index (χ1v) is 11.0. The summed E-state index contributed by atoms with van der Waals surface area (Å²) in [6.45, 7) is 2.73. The van der Waals surface area contributed by atoms with E-state index in [1.54, 1.807) is 11.9 Å². The molecule has 3 heterocycles. The van der Waals surface area contributed by atoms with Gasteiger partial charge in [-0.2, -0.15) is 0 Å². The maximum absolute atomic E-state index is 12.8. The van der Waals surface area contributed by atoms with E-state index >= 15 is 0 Å². The minimum atomic E-state index is -0.620. The van der Waals surface area contributed by atoms with Crippen LogP contribution in [-0.4, -0.2) is 78.6 Å². The van der Waals surface area contributed by atoms with Crippen molar-refractivity contribution in [1.29, 1.82) is 0 Å². The standard InChI is InChI=1S/C18H21N5O4S2/c1-19-15(24)11-28-18-21-20-17(29-18)23-8-6-22(7-9-23)16(25)14-10-26-12-4-2-3-5-13(12)27-14/h2-5,14H,6-11H2,1H3,(H,19,24)/t14-/m1/s1. The SMILES string of the molecule is CNC(=O)CSc1nnc(N2CCN(C(=O)[C@H]3COc4ccccc4O3)CC2)s1. The molecular weight excluding hydrogens is 414 g/mol. The lowest BCUT2D eigenvalue weighted by Gasteiger charge is -2.36. The van der Waals surface area contributed by atoms with Gasteiger partial charge in [0.05, 0.1) is 5.75 Å². The maximum atomic E-state index is 12.8. The van der Waals surface area contributed by atoms with Crippen LogP contribution in [0.1, 0.15) is 0 Å². The van der Waals surface area contributed by atoms with Crippen LogP contribution in [0.4, 0.5) is 5.13 Å². The largest absolute Gasteiger partial charge is 0.485 e. The van der Waals surface area contributed by atoms with Crippen molar-refractivity contribution in [2.45, 2.75) is 10.4 Å². The molecule has 1 aromatic carbocycles. The molecule has 0 saturated carbocycles. The third-order valence-electron chi connectivity index (χ3n) is 4.65. The number of ether oxygens (including phenoxy) is 2.